The number of nitrogens with one attached hydrogen (secondary N) is 1. The molecule has 0 fully saturated rings. The van der Waals surface area contributed by atoms with E-state index in [1.54, 1.807) is 0 Å². The first-order valence-corrected chi connectivity index (χ1v) is 5.75. The molecule has 1 heterocycles. The number of hydrogen-bond donors (Lipinski definition) is 1. The second-order valence-electron chi connectivity index (χ2n) is 4.16. The molecule has 3 rings (SSSR count). The van der Waals surface area contributed by atoms with Crippen molar-refractivity contribution >= 4 is 38.6 Å². The van der Waals surface area contributed by atoms with Crippen molar-refractivity contribution in [3.8, 4) is 0 Å². The number of benzene rings is 2. The van der Waals surface area contributed by atoms with Crippen LogP contribution in [0.5, 0.6) is 0 Å². The second kappa shape index (κ2) is 3.60. The molecular weight excluding hydrogens is 234 g/mol. The van der Waals surface area contributed by atoms with Crippen molar-refractivity contribution in [1.82, 2.24) is 4.98 Å². The van der Waals surface area contributed by atoms with Crippen molar-refractivity contribution in [2.24, 2.45) is 0 Å². The summed E-state index contributed by atoms with van der Waals surface area (Å²) >= 11 is 5.54. The summed E-state index contributed by atoms with van der Waals surface area (Å²) in [6.45, 7) is 1.97. The van der Waals surface area contributed by atoms with Gasteiger partial charge in [0, 0.05) is 27.4 Å². The number of aromatic amines is 1. The molecule has 2 nitrogen and oxygen atoms in total. The fourth-order valence-corrected chi connectivity index (χ4v) is 2.35. The average Bonchev–Trinajstić information content (AvgIpc) is 2.68. The van der Waals surface area contributed by atoms with Gasteiger partial charge >= 0.3 is 0 Å². The summed E-state index contributed by atoms with van der Waals surface area (Å²) in [5, 5.41) is 1.75. The highest BCUT2D eigenvalue weighted by molar-refractivity contribution is 6.67. The van der Waals surface area contributed by atoms with Crippen molar-refractivity contribution in [3.63, 3.8) is 0 Å². The van der Waals surface area contributed by atoms with Crippen molar-refractivity contribution < 1.29 is 4.79 Å². The predicted octanol–water partition coefficient (Wildman–Crippen LogP) is 4.01. The number of rotatable bonds is 1. The number of para-hydroxylation sites is 1. The average molecular weight is 244 g/mol. The molecule has 84 valence electrons. The van der Waals surface area contributed by atoms with E-state index in [4.69, 9.17) is 11.6 Å². The van der Waals surface area contributed by atoms with Crippen LogP contribution in [0.15, 0.2) is 36.4 Å². The highest BCUT2D eigenvalue weighted by Crippen LogP contribution is 2.28. The van der Waals surface area contributed by atoms with E-state index < -0.39 is 5.24 Å². The number of aryl methyl sites for hydroxylation is 1. The first kappa shape index (κ1) is 10.4. The van der Waals surface area contributed by atoms with Gasteiger partial charge in [-0.1, -0.05) is 18.2 Å². The highest BCUT2D eigenvalue weighted by Gasteiger charge is 2.10. The fraction of sp³-hybridized carbons (Fsp3) is 0.0714. The minimum atomic E-state index is -0.416. The van der Waals surface area contributed by atoms with Gasteiger partial charge in [-0.05, 0) is 42.3 Å². The Kier molecular flexibility index (Phi) is 2.20. The van der Waals surface area contributed by atoms with Gasteiger partial charge in [-0.3, -0.25) is 4.79 Å². The van der Waals surface area contributed by atoms with Crippen LogP contribution >= 0.6 is 11.6 Å². The lowest BCUT2D eigenvalue weighted by atomic mass is 10.1. The molecule has 3 aromatic rings. The molecule has 17 heavy (non-hydrogen) atoms. The number of hydrogen-bond acceptors (Lipinski definition) is 1. The van der Waals surface area contributed by atoms with Gasteiger partial charge in [-0.15, -0.1) is 0 Å². The Morgan fingerprint density at radius 2 is 1.94 bits per heavy atom. The number of halogens is 1. The molecule has 0 saturated heterocycles. The highest BCUT2D eigenvalue weighted by atomic mass is 35.5. The molecule has 1 N–H and O–H groups in total. The van der Waals surface area contributed by atoms with E-state index in [1.165, 1.54) is 0 Å². The van der Waals surface area contributed by atoms with Crippen molar-refractivity contribution in [3.05, 3.63) is 47.5 Å². The molecular formula is C14H10ClNO. The van der Waals surface area contributed by atoms with Gasteiger partial charge in [-0.25, -0.2) is 0 Å². The van der Waals surface area contributed by atoms with Crippen LogP contribution in [0, 0.1) is 6.92 Å². The minimum absolute atomic E-state index is 0.416. The Morgan fingerprint density at radius 3 is 2.71 bits per heavy atom. The molecule has 0 aliphatic carbocycles. The molecule has 3 heteroatoms. The Morgan fingerprint density at radius 1 is 1.18 bits per heavy atom. The summed E-state index contributed by atoms with van der Waals surface area (Å²) in [6, 6.07) is 11.7. The molecule has 0 aliphatic rings. The predicted molar refractivity (Wildman–Crippen MR) is 70.7 cm³/mol. The van der Waals surface area contributed by atoms with Crippen LogP contribution in [-0.2, 0) is 0 Å². The smallest absolute Gasteiger partial charge is 0.252 e. The zero-order chi connectivity index (χ0) is 12.0. The van der Waals surface area contributed by atoms with Gasteiger partial charge in [0.05, 0.1) is 0 Å². The van der Waals surface area contributed by atoms with Crippen LogP contribution in [0.1, 0.15) is 15.9 Å². The molecule has 0 radical (unpaired) electrons. The van der Waals surface area contributed by atoms with Gasteiger partial charge in [0.25, 0.3) is 5.24 Å². The van der Waals surface area contributed by atoms with Gasteiger partial charge in [0.1, 0.15) is 0 Å². The largest absolute Gasteiger partial charge is 0.354 e. The minimum Gasteiger partial charge on any atom is -0.354 e. The van der Waals surface area contributed by atoms with E-state index in [0.29, 0.717) is 5.56 Å². The van der Waals surface area contributed by atoms with E-state index in [2.05, 4.69) is 4.98 Å². The molecule has 0 aliphatic heterocycles. The summed E-state index contributed by atoms with van der Waals surface area (Å²) in [5.74, 6) is 0. The molecule has 1 aromatic heterocycles. The normalized spacial score (nSPS) is 11.2. The molecule has 2 aromatic carbocycles. The SMILES string of the molecule is Cc1cc(C(=O)Cl)cc2c1[nH]c1ccccc12. The third-order valence-electron chi connectivity index (χ3n) is 3.04. The maximum Gasteiger partial charge on any atom is 0.252 e. The van der Waals surface area contributed by atoms with E-state index in [1.807, 2.05) is 43.3 Å². The van der Waals surface area contributed by atoms with Gasteiger partial charge < -0.3 is 4.98 Å². The Hall–Kier alpha value is -1.80. The molecule has 0 spiro atoms. The summed E-state index contributed by atoms with van der Waals surface area (Å²) in [4.78, 5) is 14.6. The fourth-order valence-electron chi connectivity index (χ4n) is 2.24. The first-order chi connectivity index (χ1) is 8.16. The van der Waals surface area contributed by atoms with Crippen LogP contribution in [0.25, 0.3) is 21.8 Å². The second-order valence-corrected chi connectivity index (χ2v) is 4.50. The van der Waals surface area contributed by atoms with Crippen molar-refractivity contribution in [1.29, 1.82) is 0 Å². The summed E-state index contributed by atoms with van der Waals surface area (Å²) in [7, 11) is 0. The van der Waals surface area contributed by atoms with Gasteiger partial charge in [-0.2, -0.15) is 0 Å². The summed E-state index contributed by atoms with van der Waals surface area (Å²) in [5.41, 5.74) is 3.71. The number of carbonyl (C=O) groups is 1. The first-order valence-electron chi connectivity index (χ1n) is 5.38. The van der Waals surface area contributed by atoms with Crippen molar-refractivity contribution in [2.75, 3.05) is 0 Å². The topological polar surface area (TPSA) is 32.9 Å². The maximum atomic E-state index is 11.3. The molecule has 0 amide bonds. The van der Waals surface area contributed by atoms with E-state index in [9.17, 15) is 4.79 Å². The third-order valence-corrected chi connectivity index (χ3v) is 3.26. The van der Waals surface area contributed by atoms with Crippen LogP contribution < -0.4 is 0 Å². The van der Waals surface area contributed by atoms with E-state index in [-0.39, 0.29) is 0 Å². The zero-order valence-corrected chi connectivity index (χ0v) is 10.0. The molecule has 0 bridgehead atoms. The van der Waals surface area contributed by atoms with Gasteiger partial charge in [0.2, 0.25) is 0 Å². The lowest BCUT2D eigenvalue weighted by molar-refractivity contribution is 0.108. The summed E-state index contributed by atoms with van der Waals surface area (Å²) < 4.78 is 0. The van der Waals surface area contributed by atoms with Crippen molar-refractivity contribution in [2.45, 2.75) is 6.92 Å². The molecule has 0 saturated carbocycles. The van der Waals surface area contributed by atoms with Crippen LogP contribution in [0.2, 0.25) is 0 Å². The van der Waals surface area contributed by atoms with Crippen LogP contribution in [0.4, 0.5) is 0 Å². The molecule has 0 atom stereocenters. The molecule has 0 unspecified atom stereocenters. The monoisotopic (exact) mass is 243 g/mol. The number of fused-ring (bicyclic) bond motifs is 3. The van der Waals surface area contributed by atoms with E-state index >= 15 is 0 Å². The standard InChI is InChI=1S/C14H10ClNO/c1-8-6-9(14(15)17)7-11-10-4-2-3-5-12(10)16-13(8)11/h2-7,16H,1H3. The lowest BCUT2D eigenvalue weighted by Gasteiger charge is -1.99. The van der Waals surface area contributed by atoms with Crippen LogP contribution in [0.3, 0.4) is 0 Å². The zero-order valence-electron chi connectivity index (χ0n) is 9.25. The third kappa shape index (κ3) is 1.53. The maximum absolute atomic E-state index is 11.3. The van der Waals surface area contributed by atoms with E-state index in [0.717, 1.165) is 27.4 Å². The van der Waals surface area contributed by atoms with Gasteiger partial charge in [0.15, 0.2) is 0 Å². The van der Waals surface area contributed by atoms with Crippen LogP contribution in [-0.4, -0.2) is 10.2 Å². The number of H-pyrrole nitrogens is 1. The Labute approximate surface area is 103 Å². The summed E-state index contributed by atoms with van der Waals surface area (Å²) in [6.07, 6.45) is 0. The number of aromatic nitrogens is 1. The quantitative estimate of drug-likeness (QED) is 0.644. The Bertz CT molecular complexity index is 742. The Balaban J connectivity index is 2.50. The lowest BCUT2D eigenvalue weighted by Crippen LogP contribution is -1.89. The number of carbonyl (C=O) groups excluding carboxylic acids is 1.